The molecule has 0 bridgehead atoms. The number of benzene rings is 1. The van der Waals surface area contributed by atoms with Gasteiger partial charge in [-0.05, 0) is 37.5 Å². The molecule has 0 atom stereocenters. The topological polar surface area (TPSA) is 68.2 Å². The summed E-state index contributed by atoms with van der Waals surface area (Å²) in [5.41, 5.74) is 0.865. The van der Waals surface area contributed by atoms with Crippen LogP contribution in [0.3, 0.4) is 0 Å². The van der Waals surface area contributed by atoms with Gasteiger partial charge in [0, 0.05) is 64.8 Å². The van der Waals surface area contributed by atoms with Crippen molar-refractivity contribution in [3.05, 3.63) is 54.0 Å². The molecule has 0 radical (unpaired) electrons. The molecule has 1 aromatic heterocycles. The lowest BCUT2D eigenvalue weighted by molar-refractivity contribution is 0.00989. The van der Waals surface area contributed by atoms with Crippen molar-refractivity contribution in [2.75, 3.05) is 40.5 Å². The number of rotatable bonds is 9. The van der Waals surface area contributed by atoms with E-state index in [1.165, 1.54) is 12.1 Å². The number of halogens is 1. The Hall–Kier alpha value is -2.71. The predicted octanol–water partition coefficient (Wildman–Crippen LogP) is 3.61. The van der Waals surface area contributed by atoms with Gasteiger partial charge in [-0.2, -0.15) is 0 Å². The van der Waals surface area contributed by atoms with Gasteiger partial charge in [-0.15, -0.1) is 0 Å². The lowest BCUT2D eigenvalue weighted by Crippen LogP contribution is -2.46. The van der Waals surface area contributed by atoms with Gasteiger partial charge >= 0.3 is 0 Å². The average molecular weight is 431 g/mol. The summed E-state index contributed by atoms with van der Waals surface area (Å²) < 4.78 is 30.3. The maximum atomic E-state index is 13.5. The van der Waals surface area contributed by atoms with E-state index in [1.54, 1.807) is 32.5 Å². The number of aliphatic imine (C=N–C) groups is 1. The number of piperidine rings is 1. The summed E-state index contributed by atoms with van der Waals surface area (Å²) in [7, 11) is 3.49. The van der Waals surface area contributed by atoms with Gasteiger partial charge in [0.15, 0.2) is 5.96 Å². The predicted molar refractivity (Wildman–Crippen MR) is 118 cm³/mol. The van der Waals surface area contributed by atoms with E-state index in [-0.39, 0.29) is 11.9 Å². The van der Waals surface area contributed by atoms with Gasteiger partial charge in [0.25, 0.3) is 0 Å². The van der Waals surface area contributed by atoms with Gasteiger partial charge in [0.1, 0.15) is 11.6 Å². The van der Waals surface area contributed by atoms with E-state index >= 15 is 0 Å². The normalized spacial score (nSPS) is 15.2. The van der Waals surface area contributed by atoms with Crippen LogP contribution in [0.4, 0.5) is 4.39 Å². The number of hydrogen-bond acceptors (Lipinski definition) is 5. The highest BCUT2D eigenvalue weighted by molar-refractivity contribution is 5.80. The number of pyridine rings is 1. The quantitative estimate of drug-likeness (QED) is 0.372. The summed E-state index contributed by atoms with van der Waals surface area (Å²) in [5, 5.41) is 3.39. The van der Waals surface area contributed by atoms with Gasteiger partial charge in [-0.25, -0.2) is 9.37 Å². The van der Waals surface area contributed by atoms with Gasteiger partial charge in [0.05, 0.1) is 6.10 Å². The lowest BCUT2D eigenvalue weighted by atomic mass is 10.1. The second kappa shape index (κ2) is 12.2. The number of nitrogens with one attached hydrogen (secondary N) is 1. The number of methoxy groups -OCH3 is 1. The standard InChI is InChI=1S/C23H31FN4O3/c1-25-23(28-12-9-20(10-13-28)30-15-5-14-29-2)27-17-18-6-4-11-26-22(18)31-21-8-3-7-19(24)16-21/h3-4,6-8,11,16,20H,5,9-10,12-15,17H2,1-2H3,(H,25,27). The highest BCUT2D eigenvalue weighted by atomic mass is 19.1. The fraction of sp³-hybridized carbons (Fsp3) is 0.478. The van der Waals surface area contributed by atoms with Crippen molar-refractivity contribution in [2.24, 2.45) is 4.99 Å². The summed E-state index contributed by atoms with van der Waals surface area (Å²) in [5.74, 6) is 1.34. The van der Waals surface area contributed by atoms with Crippen LogP contribution in [0.15, 0.2) is 47.6 Å². The molecule has 31 heavy (non-hydrogen) atoms. The van der Waals surface area contributed by atoms with Gasteiger partial charge in [-0.1, -0.05) is 12.1 Å². The summed E-state index contributed by atoms with van der Waals surface area (Å²) >= 11 is 0. The van der Waals surface area contributed by atoms with Crippen LogP contribution in [0.2, 0.25) is 0 Å². The first-order chi connectivity index (χ1) is 15.2. The summed E-state index contributed by atoms with van der Waals surface area (Å²) in [6, 6.07) is 9.82. The highest BCUT2D eigenvalue weighted by Gasteiger charge is 2.22. The third-order valence-corrected chi connectivity index (χ3v) is 5.10. The molecule has 0 unspecified atom stereocenters. The fourth-order valence-corrected chi connectivity index (χ4v) is 3.49. The Balaban J connectivity index is 1.51. The van der Waals surface area contributed by atoms with Crippen LogP contribution in [0.25, 0.3) is 0 Å². The summed E-state index contributed by atoms with van der Waals surface area (Å²) in [6.07, 6.45) is 4.80. The molecule has 2 heterocycles. The number of guanidine groups is 1. The van der Waals surface area contributed by atoms with Gasteiger partial charge in [-0.3, -0.25) is 4.99 Å². The summed E-state index contributed by atoms with van der Waals surface area (Å²) in [6.45, 7) is 3.73. The third-order valence-electron chi connectivity index (χ3n) is 5.10. The molecule has 1 N–H and O–H groups in total. The molecule has 1 aromatic carbocycles. The minimum Gasteiger partial charge on any atom is -0.439 e. The van der Waals surface area contributed by atoms with Gasteiger partial charge < -0.3 is 24.4 Å². The average Bonchev–Trinajstić information content (AvgIpc) is 2.79. The minimum atomic E-state index is -0.348. The van der Waals surface area contributed by atoms with E-state index in [2.05, 4.69) is 20.2 Å². The van der Waals surface area contributed by atoms with E-state index < -0.39 is 0 Å². The molecule has 3 rings (SSSR count). The molecule has 0 spiro atoms. The molecule has 7 nitrogen and oxygen atoms in total. The number of hydrogen-bond donors (Lipinski definition) is 1. The van der Waals surface area contributed by atoms with Crippen molar-refractivity contribution in [2.45, 2.75) is 31.9 Å². The Morgan fingerprint density at radius 2 is 2.06 bits per heavy atom. The smallest absolute Gasteiger partial charge is 0.224 e. The molecule has 0 amide bonds. The first-order valence-corrected chi connectivity index (χ1v) is 10.6. The molecular weight excluding hydrogens is 399 g/mol. The molecule has 2 aromatic rings. The Morgan fingerprint density at radius 1 is 1.23 bits per heavy atom. The molecule has 8 heteroatoms. The first kappa shape index (κ1) is 23.0. The molecule has 1 aliphatic rings. The zero-order valence-electron chi connectivity index (χ0n) is 18.2. The van der Waals surface area contributed by atoms with Crippen LogP contribution in [0.5, 0.6) is 11.6 Å². The number of nitrogens with zero attached hydrogens (tertiary/aromatic N) is 3. The minimum absolute atomic E-state index is 0.288. The number of aromatic nitrogens is 1. The van der Waals surface area contributed by atoms with E-state index in [0.717, 1.165) is 57.1 Å². The maximum Gasteiger partial charge on any atom is 0.224 e. The number of likely N-dealkylation sites (tertiary alicyclic amines) is 1. The van der Waals surface area contributed by atoms with E-state index in [1.807, 2.05) is 12.1 Å². The van der Waals surface area contributed by atoms with Crippen LogP contribution in [0.1, 0.15) is 24.8 Å². The summed E-state index contributed by atoms with van der Waals surface area (Å²) in [4.78, 5) is 11.0. The van der Waals surface area contributed by atoms with Crippen LogP contribution in [-0.4, -0.2) is 62.4 Å². The SMILES string of the molecule is CN=C(NCc1cccnc1Oc1cccc(F)c1)N1CCC(OCCCOC)CC1. The molecule has 0 saturated carbocycles. The zero-order valence-corrected chi connectivity index (χ0v) is 18.2. The van der Waals surface area contributed by atoms with Gasteiger partial charge in [0.2, 0.25) is 5.88 Å². The van der Waals surface area contributed by atoms with Crippen LogP contribution in [0, 0.1) is 5.82 Å². The molecule has 1 fully saturated rings. The monoisotopic (exact) mass is 430 g/mol. The maximum absolute atomic E-state index is 13.5. The highest BCUT2D eigenvalue weighted by Crippen LogP contribution is 2.23. The molecule has 168 valence electrons. The van der Waals surface area contributed by atoms with Crippen molar-refractivity contribution in [1.29, 1.82) is 0 Å². The van der Waals surface area contributed by atoms with E-state index in [9.17, 15) is 4.39 Å². The number of ether oxygens (including phenoxy) is 3. The van der Waals surface area contributed by atoms with Crippen molar-refractivity contribution >= 4 is 5.96 Å². The molecule has 1 aliphatic heterocycles. The second-order valence-corrected chi connectivity index (χ2v) is 7.33. The molecule has 0 aliphatic carbocycles. The van der Waals surface area contributed by atoms with E-state index in [4.69, 9.17) is 14.2 Å². The van der Waals surface area contributed by atoms with Crippen molar-refractivity contribution < 1.29 is 18.6 Å². The van der Waals surface area contributed by atoms with Crippen molar-refractivity contribution in [3.63, 3.8) is 0 Å². The second-order valence-electron chi connectivity index (χ2n) is 7.33. The first-order valence-electron chi connectivity index (χ1n) is 10.6. The molecular formula is C23H31FN4O3. The van der Waals surface area contributed by atoms with Crippen molar-refractivity contribution in [1.82, 2.24) is 15.2 Å². The Morgan fingerprint density at radius 3 is 2.81 bits per heavy atom. The lowest BCUT2D eigenvalue weighted by Gasteiger charge is -2.34. The van der Waals surface area contributed by atoms with Crippen LogP contribution >= 0.6 is 0 Å². The van der Waals surface area contributed by atoms with Crippen LogP contribution in [-0.2, 0) is 16.0 Å². The Kier molecular flexibility index (Phi) is 9.05. The van der Waals surface area contributed by atoms with E-state index in [0.29, 0.717) is 18.2 Å². The van der Waals surface area contributed by atoms with Crippen molar-refractivity contribution in [3.8, 4) is 11.6 Å². The largest absolute Gasteiger partial charge is 0.439 e. The Bertz CT molecular complexity index is 841. The Labute approximate surface area is 183 Å². The third kappa shape index (κ3) is 7.18. The fourth-order valence-electron chi connectivity index (χ4n) is 3.49. The van der Waals surface area contributed by atoms with Crippen LogP contribution < -0.4 is 10.1 Å². The molecule has 1 saturated heterocycles. The zero-order chi connectivity index (χ0) is 21.9.